The van der Waals surface area contributed by atoms with Crippen LogP contribution in [0.4, 0.5) is 17.1 Å². The van der Waals surface area contributed by atoms with E-state index in [9.17, 15) is 10.1 Å². The van der Waals surface area contributed by atoms with E-state index in [4.69, 9.17) is 0 Å². The summed E-state index contributed by atoms with van der Waals surface area (Å²) in [5.74, 6) is 0. The molecule has 3 aromatic rings. The standard InChI is InChI=1S/C18H13N3O2/c22-21(23)16-12-10-14(11-13-16)17-8-4-5-9-18(17)20-19-15-6-2-1-3-7-15/h1-13H. The van der Waals surface area contributed by atoms with Gasteiger partial charge in [0.05, 0.1) is 16.3 Å². The molecule has 5 nitrogen and oxygen atoms in total. The third-order valence-electron chi connectivity index (χ3n) is 3.32. The van der Waals surface area contributed by atoms with E-state index < -0.39 is 4.92 Å². The lowest BCUT2D eigenvalue weighted by molar-refractivity contribution is -0.384. The Balaban J connectivity index is 1.94. The average molecular weight is 303 g/mol. The summed E-state index contributed by atoms with van der Waals surface area (Å²) >= 11 is 0. The average Bonchev–Trinajstić information content (AvgIpc) is 2.61. The number of azo groups is 1. The number of hydrogen-bond acceptors (Lipinski definition) is 4. The number of hydrogen-bond donors (Lipinski definition) is 0. The lowest BCUT2D eigenvalue weighted by Gasteiger charge is -2.04. The third-order valence-corrected chi connectivity index (χ3v) is 3.32. The van der Waals surface area contributed by atoms with Crippen LogP contribution in [-0.2, 0) is 0 Å². The summed E-state index contributed by atoms with van der Waals surface area (Å²) in [6.45, 7) is 0. The fourth-order valence-corrected chi connectivity index (χ4v) is 2.17. The number of non-ortho nitro benzene ring substituents is 1. The molecule has 0 radical (unpaired) electrons. The topological polar surface area (TPSA) is 67.9 Å². The van der Waals surface area contributed by atoms with Gasteiger partial charge in [0.1, 0.15) is 0 Å². The van der Waals surface area contributed by atoms with Crippen LogP contribution in [0.15, 0.2) is 89.1 Å². The van der Waals surface area contributed by atoms with E-state index in [-0.39, 0.29) is 5.69 Å². The van der Waals surface area contributed by atoms with Gasteiger partial charge in [-0.15, -0.1) is 5.11 Å². The van der Waals surface area contributed by atoms with Crippen molar-refractivity contribution in [2.75, 3.05) is 0 Å². The van der Waals surface area contributed by atoms with Crippen LogP contribution >= 0.6 is 0 Å². The summed E-state index contributed by atoms with van der Waals surface area (Å²) in [5.41, 5.74) is 3.29. The Morgan fingerprint density at radius 3 is 2.09 bits per heavy atom. The van der Waals surface area contributed by atoms with Crippen molar-refractivity contribution < 1.29 is 4.92 Å². The maximum absolute atomic E-state index is 10.7. The molecule has 0 fully saturated rings. The van der Waals surface area contributed by atoms with Crippen molar-refractivity contribution in [3.63, 3.8) is 0 Å². The minimum atomic E-state index is -0.412. The third kappa shape index (κ3) is 3.47. The summed E-state index contributed by atoms with van der Waals surface area (Å²) in [6.07, 6.45) is 0. The Kier molecular flexibility index (Phi) is 4.20. The normalized spacial score (nSPS) is 10.8. The molecule has 23 heavy (non-hydrogen) atoms. The van der Waals surface area contributed by atoms with Crippen molar-refractivity contribution in [1.82, 2.24) is 0 Å². The van der Waals surface area contributed by atoms with Crippen molar-refractivity contribution in [2.24, 2.45) is 10.2 Å². The summed E-state index contributed by atoms with van der Waals surface area (Å²) in [6, 6.07) is 23.4. The van der Waals surface area contributed by atoms with Crippen LogP contribution in [0.1, 0.15) is 0 Å². The molecule has 0 unspecified atom stereocenters. The van der Waals surface area contributed by atoms with Gasteiger partial charge in [-0.05, 0) is 35.9 Å². The Morgan fingerprint density at radius 2 is 1.39 bits per heavy atom. The second-order valence-corrected chi connectivity index (χ2v) is 4.86. The molecule has 3 aromatic carbocycles. The zero-order chi connectivity index (χ0) is 16.1. The highest BCUT2D eigenvalue weighted by atomic mass is 16.6. The maximum Gasteiger partial charge on any atom is 0.269 e. The Bertz CT molecular complexity index is 844. The molecular formula is C18H13N3O2. The van der Waals surface area contributed by atoms with E-state index in [1.165, 1.54) is 12.1 Å². The molecule has 0 heterocycles. The monoisotopic (exact) mass is 303 g/mol. The zero-order valence-corrected chi connectivity index (χ0v) is 12.2. The fraction of sp³-hybridized carbons (Fsp3) is 0. The smallest absolute Gasteiger partial charge is 0.258 e. The second-order valence-electron chi connectivity index (χ2n) is 4.86. The first-order valence-corrected chi connectivity index (χ1v) is 7.05. The maximum atomic E-state index is 10.7. The second kappa shape index (κ2) is 6.62. The van der Waals surface area contributed by atoms with Crippen LogP contribution in [0.2, 0.25) is 0 Å². The first-order valence-electron chi connectivity index (χ1n) is 7.05. The van der Waals surface area contributed by atoms with E-state index in [1.807, 2.05) is 54.6 Å². The highest BCUT2D eigenvalue weighted by molar-refractivity contribution is 5.76. The first kappa shape index (κ1) is 14.6. The van der Waals surface area contributed by atoms with Crippen LogP contribution in [0.25, 0.3) is 11.1 Å². The summed E-state index contributed by atoms with van der Waals surface area (Å²) in [7, 11) is 0. The predicted octanol–water partition coefficient (Wildman–Crippen LogP) is 5.68. The minimum Gasteiger partial charge on any atom is -0.258 e. The molecule has 0 N–H and O–H groups in total. The van der Waals surface area contributed by atoms with E-state index >= 15 is 0 Å². The molecule has 112 valence electrons. The van der Waals surface area contributed by atoms with Gasteiger partial charge in [-0.1, -0.05) is 36.4 Å². The number of nitro benzene ring substituents is 1. The fourth-order valence-electron chi connectivity index (χ4n) is 2.17. The molecule has 3 rings (SSSR count). The highest BCUT2D eigenvalue weighted by Gasteiger charge is 2.08. The van der Waals surface area contributed by atoms with Gasteiger partial charge in [-0.25, -0.2) is 0 Å². The van der Waals surface area contributed by atoms with Crippen molar-refractivity contribution >= 4 is 17.1 Å². The van der Waals surface area contributed by atoms with Crippen LogP contribution in [0.5, 0.6) is 0 Å². The summed E-state index contributed by atoms with van der Waals surface area (Å²) < 4.78 is 0. The first-order chi connectivity index (χ1) is 11.2. The number of nitrogens with zero attached hydrogens (tertiary/aromatic N) is 3. The minimum absolute atomic E-state index is 0.0668. The van der Waals surface area contributed by atoms with Crippen molar-refractivity contribution in [3.8, 4) is 11.1 Å². The number of rotatable bonds is 4. The van der Waals surface area contributed by atoms with Gasteiger partial charge < -0.3 is 0 Å². The molecule has 0 aliphatic rings. The molecule has 5 heteroatoms. The number of benzene rings is 3. The molecule has 0 aromatic heterocycles. The van der Waals surface area contributed by atoms with Gasteiger partial charge in [-0.2, -0.15) is 5.11 Å². The van der Waals surface area contributed by atoms with Crippen molar-refractivity contribution in [3.05, 3.63) is 89.0 Å². The van der Waals surface area contributed by atoms with Gasteiger partial charge in [0, 0.05) is 17.7 Å². The Labute approximate surface area is 133 Å². The van der Waals surface area contributed by atoms with E-state index in [2.05, 4.69) is 10.2 Å². The Morgan fingerprint density at radius 1 is 0.739 bits per heavy atom. The molecule has 0 bridgehead atoms. The van der Waals surface area contributed by atoms with Crippen molar-refractivity contribution in [2.45, 2.75) is 0 Å². The molecule has 0 saturated carbocycles. The van der Waals surface area contributed by atoms with Gasteiger partial charge >= 0.3 is 0 Å². The molecular weight excluding hydrogens is 290 g/mol. The predicted molar refractivity (Wildman–Crippen MR) is 89.2 cm³/mol. The lowest BCUT2D eigenvalue weighted by Crippen LogP contribution is -1.87. The van der Waals surface area contributed by atoms with Crippen LogP contribution in [0.3, 0.4) is 0 Å². The summed E-state index contributed by atoms with van der Waals surface area (Å²) in [4.78, 5) is 10.3. The van der Waals surface area contributed by atoms with Gasteiger partial charge in [0.25, 0.3) is 5.69 Å². The molecule has 0 aliphatic heterocycles. The van der Waals surface area contributed by atoms with Gasteiger partial charge in [0.15, 0.2) is 0 Å². The van der Waals surface area contributed by atoms with E-state index in [1.54, 1.807) is 12.1 Å². The Hall–Kier alpha value is -3.34. The van der Waals surface area contributed by atoms with Crippen molar-refractivity contribution in [1.29, 1.82) is 0 Å². The molecule has 0 atom stereocenters. The van der Waals surface area contributed by atoms with Crippen LogP contribution < -0.4 is 0 Å². The van der Waals surface area contributed by atoms with Crippen LogP contribution in [0, 0.1) is 10.1 Å². The molecule has 0 spiro atoms. The summed E-state index contributed by atoms with van der Waals surface area (Å²) in [5, 5.41) is 19.3. The van der Waals surface area contributed by atoms with Gasteiger partial charge in [0.2, 0.25) is 0 Å². The SMILES string of the molecule is O=[N+]([O-])c1ccc(-c2ccccc2N=Nc2ccccc2)cc1. The van der Waals surface area contributed by atoms with E-state index in [0.29, 0.717) is 5.69 Å². The molecule has 0 amide bonds. The number of nitro groups is 1. The largest absolute Gasteiger partial charge is 0.269 e. The van der Waals surface area contributed by atoms with Gasteiger partial charge in [-0.3, -0.25) is 10.1 Å². The lowest BCUT2D eigenvalue weighted by atomic mass is 10.0. The van der Waals surface area contributed by atoms with Crippen LogP contribution in [-0.4, -0.2) is 4.92 Å². The van der Waals surface area contributed by atoms with E-state index in [0.717, 1.165) is 16.8 Å². The molecule has 0 saturated heterocycles. The molecule has 0 aliphatic carbocycles. The quantitative estimate of drug-likeness (QED) is 0.353. The highest BCUT2D eigenvalue weighted by Crippen LogP contribution is 2.32. The zero-order valence-electron chi connectivity index (χ0n) is 12.2.